The van der Waals surface area contributed by atoms with Gasteiger partial charge in [0.15, 0.2) is 0 Å². The molecule has 1 aromatic rings. The summed E-state index contributed by atoms with van der Waals surface area (Å²) in [7, 11) is 0. The first-order valence-corrected chi connectivity index (χ1v) is 5.78. The molecule has 4 heteroatoms. The molecule has 1 rings (SSSR count). The van der Waals surface area contributed by atoms with Crippen molar-refractivity contribution in [3.63, 3.8) is 0 Å². The molecule has 3 nitrogen and oxygen atoms in total. The number of nitrogens with two attached hydrogens (primary N) is 1. The van der Waals surface area contributed by atoms with E-state index in [0.29, 0.717) is 0 Å². The largest absolute Gasteiger partial charge is 0.481 e. The van der Waals surface area contributed by atoms with Crippen LogP contribution in [0.3, 0.4) is 0 Å². The smallest absolute Gasteiger partial charge is 0.304 e. The summed E-state index contributed by atoms with van der Waals surface area (Å²) in [5, 5.41) is 10.9. The number of carboxylic acids is 1. The Morgan fingerprint density at radius 2 is 2.33 bits per heavy atom. The van der Waals surface area contributed by atoms with E-state index < -0.39 is 11.4 Å². The van der Waals surface area contributed by atoms with Crippen LogP contribution in [0.2, 0.25) is 0 Å². The van der Waals surface area contributed by atoms with Gasteiger partial charge >= 0.3 is 5.97 Å². The second kappa shape index (κ2) is 4.33. The standard InChI is InChI=1S/C11H17NO2S/c1-7-4-5-15-10(7)11(3,8(2)12)6-9(13)14/h4-5,8H,6,12H2,1-3H3,(H,13,14). The lowest BCUT2D eigenvalue weighted by Gasteiger charge is -2.32. The third-order valence-corrected chi connectivity index (χ3v) is 4.20. The second-order valence-electron chi connectivity index (χ2n) is 4.21. The molecule has 84 valence electrons. The van der Waals surface area contributed by atoms with Crippen LogP contribution in [0.5, 0.6) is 0 Å². The van der Waals surface area contributed by atoms with Gasteiger partial charge in [-0.1, -0.05) is 6.92 Å². The molecule has 2 unspecified atom stereocenters. The molecule has 0 aliphatic rings. The maximum Gasteiger partial charge on any atom is 0.304 e. The normalized spacial score (nSPS) is 17.1. The zero-order chi connectivity index (χ0) is 11.6. The van der Waals surface area contributed by atoms with Gasteiger partial charge in [0, 0.05) is 16.3 Å². The van der Waals surface area contributed by atoms with Gasteiger partial charge in [0.05, 0.1) is 6.42 Å². The molecule has 15 heavy (non-hydrogen) atoms. The minimum Gasteiger partial charge on any atom is -0.481 e. The van der Waals surface area contributed by atoms with Gasteiger partial charge < -0.3 is 10.8 Å². The highest BCUT2D eigenvalue weighted by molar-refractivity contribution is 7.10. The zero-order valence-corrected chi connectivity index (χ0v) is 10.1. The SMILES string of the molecule is Cc1ccsc1C(C)(CC(=O)O)C(C)N. The zero-order valence-electron chi connectivity index (χ0n) is 9.28. The van der Waals surface area contributed by atoms with Crippen LogP contribution in [0.25, 0.3) is 0 Å². The highest BCUT2D eigenvalue weighted by Crippen LogP contribution is 2.36. The van der Waals surface area contributed by atoms with Crippen LogP contribution < -0.4 is 5.73 Å². The maximum absolute atomic E-state index is 10.9. The molecule has 2 atom stereocenters. The van der Waals surface area contributed by atoms with Crippen molar-refractivity contribution in [2.24, 2.45) is 5.73 Å². The van der Waals surface area contributed by atoms with E-state index in [9.17, 15) is 4.79 Å². The first-order chi connectivity index (χ1) is 6.88. The minimum atomic E-state index is -0.803. The molecular formula is C11H17NO2S. The van der Waals surface area contributed by atoms with Gasteiger partial charge in [-0.3, -0.25) is 4.79 Å². The molecule has 1 heterocycles. The Hall–Kier alpha value is -0.870. The number of rotatable bonds is 4. The van der Waals surface area contributed by atoms with Crippen molar-refractivity contribution in [2.45, 2.75) is 38.6 Å². The Kier molecular flexibility index (Phi) is 3.52. The van der Waals surface area contributed by atoms with Crippen LogP contribution in [-0.2, 0) is 10.2 Å². The van der Waals surface area contributed by atoms with Crippen LogP contribution in [0.15, 0.2) is 11.4 Å². The molecule has 0 fully saturated rings. The van der Waals surface area contributed by atoms with Crippen molar-refractivity contribution in [1.82, 2.24) is 0 Å². The molecule has 0 radical (unpaired) electrons. The van der Waals surface area contributed by atoms with Crippen molar-refractivity contribution in [1.29, 1.82) is 0 Å². The molecule has 0 saturated carbocycles. The van der Waals surface area contributed by atoms with E-state index in [1.54, 1.807) is 11.3 Å². The van der Waals surface area contributed by atoms with Crippen LogP contribution in [0, 0.1) is 6.92 Å². The minimum absolute atomic E-state index is 0.0754. The molecule has 3 N–H and O–H groups in total. The van der Waals surface area contributed by atoms with Gasteiger partial charge in [-0.2, -0.15) is 0 Å². The molecule has 0 amide bonds. The molecule has 0 aromatic carbocycles. The molecule has 0 aliphatic heterocycles. The number of aryl methyl sites for hydroxylation is 1. The Morgan fingerprint density at radius 3 is 2.67 bits per heavy atom. The quantitative estimate of drug-likeness (QED) is 0.828. The van der Waals surface area contributed by atoms with E-state index in [-0.39, 0.29) is 12.5 Å². The fourth-order valence-electron chi connectivity index (χ4n) is 1.72. The predicted octanol–water partition coefficient (Wildman–Crippen LogP) is 2.14. The van der Waals surface area contributed by atoms with Crippen LogP contribution in [0.4, 0.5) is 0 Å². The Bertz CT molecular complexity index is 359. The molecular weight excluding hydrogens is 210 g/mol. The van der Waals surface area contributed by atoms with Crippen molar-refractivity contribution in [2.75, 3.05) is 0 Å². The van der Waals surface area contributed by atoms with Gasteiger partial charge in [-0.05, 0) is 30.9 Å². The molecule has 1 aromatic heterocycles. The fraction of sp³-hybridized carbons (Fsp3) is 0.545. The van der Waals surface area contributed by atoms with Crippen molar-refractivity contribution in [3.8, 4) is 0 Å². The third kappa shape index (κ3) is 2.38. The first-order valence-electron chi connectivity index (χ1n) is 4.90. The number of hydrogen-bond donors (Lipinski definition) is 2. The summed E-state index contributed by atoms with van der Waals surface area (Å²) >= 11 is 1.58. The average Bonchev–Trinajstić information content (AvgIpc) is 2.49. The van der Waals surface area contributed by atoms with E-state index in [1.807, 2.05) is 32.2 Å². The lowest BCUT2D eigenvalue weighted by atomic mass is 9.78. The molecule has 0 aliphatic carbocycles. The lowest BCUT2D eigenvalue weighted by Crippen LogP contribution is -2.42. The van der Waals surface area contributed by atoms with Crippen LogP contribution in [0.1, 0.15) is 30.7 Å². The van der Waals surface area contributed by atoms with E-state index in [1.165, 1.54) is 0 Å². The Labute approximate surface area is 93.9 Å². The van der Waals surface area contributed by atoms with Gasteiger partial charge in [0.25, 0.3) is 0 Å². The second-order valence-corrected chi connectivity index (χ2v) is 5.13. The van der Waals surface area contributed by atoms with E-state index in [2.05, 4.69) is 0 Å². The molecule has 0 bridgehead atoms. The van der Waals surface area contributed by atoms with Crippen molar-refractivity contribution >= 4 is 17.3 Å². The average molecular weight is 227 g/mol. The number of aliphatic carboxylic acids is 1. The van der Waals surface area contributed by atoms with E-state index in [4.69, 9.17) is 10.8 Å². The molecule has 0 saturated heterocycles. The highest BCUT2D eigenvalue weighted by Gasteiger charge is 2.35. The summed E-state index contributed by atoms with van der Waals surface area (Å²) in [6.07, 6.45) is 0.0754. The molecule has 0 spiro atoms. The predicted molar refractivity (Wildman–Crippen MR) is 62.3 cm³/mol. The third-order valence-electron chi connectivity index (χ3n) is 2.90. The summed E-state index contributed by atoms with van der Waals surface area (Å²) in [6.45, 7) is 5.78. The van der Waals surface area contributed by atoms with Gasteiger partial charge in [-0.25, -0.2) is 0 Å². The maximum atomic E-state index is 10.9. The first kappa shape index (κ1) is 12.2. The number of thiophene rings is 1. The van der Waals surface area contributed by atoms with Crippen molar-refractivity contribution < 1.29 is 9.90 Å². The number of carboxylic acid groups (broad SMARTS) is 1. The van der Waals surface area contributed by atoms with E-state index >= 15 is 0 Å². The lowest BCUT2D eigenvalue weighted by molar-refractivity contribution is -0.138. The van der Waals surface area contributed by atoms with Crippen LogP contribution in [-0.4, -0.2) is 17.1 Å². The Balaban J connectivity index is 3.12. The number of hydrogen-bond acceptors (Lipinski definition) is 3. The van der Waals surface area contributed by atoms with Gasteiger partial charge in [0.1, 0.15) is 0 Å². The summed E-state index contributed by atoms with van der Waals surface area (Å²) in [6, 6.07) is 1.83. The van der Waals surface area contributed by atoms with Crippen LogP contribution >= 0.6 is 11.3 Å². The summed E-state index contributed by atoms with van der Waals surface area (Å²) in [5.41, 5.74) is 6.58. The summed E-state index contributed by atoms with van der Waals surface area (Å²) < 4.78 is 0. The van der Waals surface area contributed by atoms with Crippen molar-refractivity contribution in [3.05, 3.63) is 21.9 Å². The monoisotopic (exact) mass is 227 g/mol. The van der Waals surface area contributed by atoms with Gasteiger partial charge in [0.2, 0.25) is 0 Å². The summed E-state index contributed by atoms with van der Waals surface area (Å²) in [5.74, 6) is -0.803. The fourth-order valence-corrected chi connectivity index (χ4v) is 2.91. The topological polar surface area (TPSA) is 63.3 Å². The van der Waals surface area contributed by atoms with Gasteiger partial charge in [-0.15, -0.1) is 11.3 Å². The number of carbonyl (C=O) groups is 1. The van der Waals surface area contributed by atoms with E-state index in [0.717, 1.165) is 10.4 Å². The Morgan fingerprint density at radius 1 is 1.73 bits per heavy atom. The highest BCUT2D eigenvalue weighted by atomic mass is 32.1. The summed E-state index contributed by atoms with van der Waals surface area (Å²) in [4.78, 5) is 12.0.